The first-order valence-corrected chi connectivity index (χ1v) is 8.52. The molecule has 0 atom stereocenters. The van der Waals surface area contributed by atoms with Gasteiger partial charge in [-0.3, -0.25) is 9.79 Å². The Bertz CT molecular complexity index is 666. The molecule has 0 radical (unpaired) electrons. The Labute approximate surface area is 178 Å². The van der Waals surface area contributed by atoms with Crippen molar-refractivity contribution in [2.45, 2.75) is 19.0 Å². The summed E-state index contributed by atoms with van der Waals surface area (Å²) in [6.07, 6.45) is -2.07. The van der Waals surface area contributed by atoms with Gasteiger partial charge in [0, 0.05) is 39.4 Å². The number of anilines is 1. The number of hydrogen-bond donors (Lipinski definition) is 2. The molecule has 1 aromatic rings. The van der Waals surface area contributed by atoms with Crippen molar-refractivity contribution in [2.75, 3.05) is 45.7 Å². The zero-order chi connectivity index (χ0) is 19.9. The third-order valence-corrected chi connectivity index (χ3v) is 4.18. The van der Waals surface area contributed by atoms with Crippen molar-refractivity contribution in [1.29, 1.82) is 0 Å². The molecule has 2 rings (SSSR count). The summed E-state index contributed by atoms with van der Waals surface area (Å²) in [7, 11) is 3.04. The molecule has 12 heteroatoms. The lowest BCUT2D eigenvalue weighted by Gasteiger charge is -2.33. The van der Waals surface area contributed by atoms with Crippen LogP contribution in [0.25, 0.3) is 0 Å². The third kappa shape index (κ3) is 6.95. The molecule has 1 aliphatic heterocycles. The fourth-order valence-electron chi connectivity index (χ4n) is 2.78. The van der Waals surface area contributed by atoms with E-state index in [9.17, 15) is 18.0 Å². The Kier molecular flexibility index (Phi) is 9.69. The highest BCUT2D eigenvalue weighted by Crippen LogP contribution is 2.27. The fraction of sp³-hybridized carbons (Fsp3) is 0.625. The Balaban J connectivity index is 0.00000392. The molecule has 2 heterocycles. The average Bonchev–Trinajstić information content (AvgIpc) is 2.67. The van der Waals surface area contributed by atoms with Crippen LogP contribution in [0.2, 0.25) is 0 Å². The number of esters is 1. The van der Waals surface area contributed by atoms with Crippen molar-refractivity contribution in [1.82, 2.24) is 20.2 Å². The van der Waals surface area contributed by atoms with Gasteiger partial charge in [0.25, 0.3) is 0 Å². The first-order valence-electron chi connectivity index (χ1n) is 8.52. The van der Waals surface area contributed by atoms with E-state index >= 15 is 0 Å². The maximum Gasteiger partial charge on any atom is 0.433 e. The van der Waals surface area contributed by atoms with Crippen LogP contribution in [0.4, 0.5) is 19.1 Å². The van der Waals surface area contributed by atoms with Crippen molar-refractivity contribution in [3.63, 3.8) is 0 Å². The van der Waals surface area contributed by atoms with Gasteiger partial charge in [0.2, 0.25) is 5.95 Å². The molecule has 158 valence electrons. The van der Waals surface area contributed by atoms with Crippen molar-refractivity contribution < 1.29 is 22.7 Å². The minimum absolute atomic E-state index is 0. The van der Waals surface area contributed by atoms with Crippen LogP contribution < -0.4 is 10.6 Å². The maximum atomic E-state index is 12.6. The number of ether oxygens (including phenoxy) is 1. The molecule has 28 heavy (non-hydrogen) atoms. The van der Waals surface area contributed by atoms with Gasteiger partial charge in [-0.25, -0.2) is 9.97 Å². The lowest BCUT2D eigenvalue weighted by atomic mass is 9.97. The number of guanidine groups is 1. The zero-order valence-electron chi connectivity index (χ0n) is 15.6. The van der Waals surface area contributed by atoms with Crippen LogP contribution in [0, 0.1) is 5.92 Å². The number of hydrogen-bond acceptors (Lipinski definition) is 6. The van der Waals surface area contributed by atoms with Crippen LogP contribution in [-0.2, 0) is 15.7 Å². The molecule has 0 spiro atoms. The molecule has 0 amide bonds. The van der Waals surface area contributed by atoms with Crippen molar-refractivity contribution in [3.8, 4) is 0 Å². The Morgan fingerprint density at radius 2 is 2.04 bits per heavy atom. The van der Waals surface area contributed by atoms with E-state index in [1.165, 1.54) is 7.11 Å². The molecule has 1 aromatic heterocycles. The minimum atomic E-state index is -4.50. The van der Waals surface area contributed by atoms with Gasteiger partial charge >= 0.3 is 12.1 Å². The van der Waals surface area contributed by atoms with Gasteiger partial charge in [-0.15, -0.1) is 24.0 Å². The van der Waals surface area contributed by atoms with E-state index in [0.29, 0.717) is 45.0 Å². The molecule has 0 aliphatic carbocycles. The summed E-state index contributed by atoms with van der Waals surface area (Å²) in [5.41, 5.74) is -0.989. The number of carbonyl (C=O) groups is 1. The molecule has 1 saturated heterocycles. The SMILES string of the molecule is CN=C(NCCNc1nccc(C(F)(F)F)n1)N1CCC(C(=O)OC)CC1.I. The fourth-order valence-corrected chi connectivity index (χ4v) is 2.78. The Hall–Kier alpha value is -1.86. The van der Waals surface area contributed by atoms with Gasteiger partial charge < -0.3 is 20.3 Å². The smallest absolute Gasteiger partial charge is 0.433 e. The predicted octanol–water partition coefficient (Wildman–Crippen LogP) is 1.99. The Morgan fingerprint density at radius 1 is 1.36 bits per heavy atom. The van der Waals surface area contributed by atoms with Crippen LogP contribution in [0.1, 0.15) is 18.5 Å². The lowest BCUT2D eigenvalue weighted by molar-refractivity contribution is -0.146. The number of nitrogens with one attached hydrogen (secondary N) is 2. The Morgan fingerprint density at radius 3 is 2.61 bits per heavy atom. The standard InChI is InChI=1S/C16H23F3N6O2.HI/c1-20-15(25-9-4-11(5-10-25)13(26)27-2)23-8-7-22-14-21-6-3-12(24-14)16(17,18)19;/h3,6,11H,4-5,7-10H2,1-2H3,(H,20,23)(H,21,22,24);1H. The molecular formula is C16H24F3IN6O2. The number of likely N-dealkylation sites (tertiary alicyclic amines) is 1. The number of alkyl halides is 3. The highest BCUT2D eigenvalue weighted by Gasteiger charge is 2.32. The van der Waals surface area contributed by atoms with E-state index in [1.807, 2.05) is 4.90 Å². The number of rotatable bonds is 5. The van der Waals surface area contributed by atoms with Crippen LogP contribution in [0.5, 0.6) is 0 Å². The highest BCUT2D eigenvalue weighted by atomic mass is 127. The first-order chi connectivity index (χ1) is 12.8. The van der Waals surface area contributed by atoms with E-state index in [2.05, 4.69) is 25.6 Å². The molecule has 1 fully saturated rings. The molecule has 0 bridgehead atoms. The van der Waals surface area contributed by atoms with Gasteiger partial charge in [0.05, 0.1) is 13.0 Å². The second-order valence-electron chi connectivity index (χ2n) is 5.95. The molecular weight excluding hydrogens is 492 g/mol. The largest absolute Gasteiger partial charge is 0.469 e. The van der Waals surface area contributed by atoms with E-state index in [0.717, 1.165) is 12.3 Å². The van der Waals surface area contributed by atoms with Crippen LogP contribution in [0.15, 0.2) is 17.3 Å². The second-order valence-corrected chi connectivity index (χ2v) is 5.95. The monoisotopic (exact) mass is 516 g/mol. The van der Waals surface area contributed by atoms with Gasteiger partial charge in [-0.05, 0) is 18.9 Å². The van der Waals surface area contributed by atoms with Crippen LogP contribution in [-0.4, -0.2) is 67.1 Å². The van der Waals surface area contributed by atoms with Gasteiger partial charge in [-0.1, -0.05) is 0 Å². The number of nitrogens with zero attached hydrogens (tertiary/aromatic N) is 4. The van der Waals surface area contributed by atoms with Gasteiger partial charge in [0.15, 0.2) is 5.96 Å². The minimum Gasteiger partial charge on any atom is -0.469 e. The number of halogens is 4. The van der Waals surface area contributed by atoms with Crippen molar-refractivity contribution in [2.24, 2.45) is 10.9 Å². The topological polar surface area (TPSA) is 91.7 Å². The summed E-state index contributed by atoms with van der Waals surface area (Å²) in [6.45, 7) is 2.08. The molecule has 0 aromatic carbocycles. The van der Waals surface area contributed by atoms with Crippen LogP contribution >= 0.6 is 24.0 Å². The number of aliphatic imine (C=N–C) groups is 1. The molecule has 8 nitrogen and oxygen atoms in total. The normalized spacial score (nSPS) is 15.6. The van der Waals surface area contributed by atoms with E-state index < -0.39 is 11.9 Å². The summed E-state index contributed by atoms with van der Waals surface area (Å²) in [6, 6.07) is 0.823. The number of methoxy groups -OCH3 is 1. The number of carbonyl (C=O) groups excluding carboxylic acids is 1. The van der Waals surface area contributed by atoms with E-state index in [1.54, 1.807) is 7.05 Å². The van der Waals surface area contributed by atoms with E-state index in [4.69, 9.17) is 4.74 Å². The summed E-state index contributed by atoms with van der Waals surface area (Å²) in [5, 5.41) is 5.88. The molecule has 1 aliphatic rings. The van der Waals surface area contributed by atoms with Crippen LogP contribution in [0.3, 0.4) is 0 Å². The second kappa shape index (κ2) is 11.2. The summed E-state index contributed by atoms with van der Waals surface area (Å²) in [5.74, 6) is 0.303. The predicted molar refractivity (Wildman–Crippen MR) is 109 cm³/mol. The summed E-state index contributed by atoms with van der Waals surface area (Å²) in [4.78, 5) is 25.0. The molecule has 2 N–H and O–H groups in total. The summed E-state index contributed by atoms with van der Waals surface area (Å²) < 4.78 is 42.7. The summed E-state index contributed by atoms with van der Waals surface area (Å²) >= 11 is 0. The maximum absolute atomic E-state index is 12.6. The van der Waals surface area contributed by atoms with Crippen molar-refractivity contribution in [3.05, 3.63) is 18.0 Å². The lowest BCUT2D eigenvalue weighted by Crippen LogP contribution is -2.47. The first kappa shape index (κ1) is 24.2. The van der Waals surface area contributed by atoms with Crippen molar-refractivity contribution >= 4 is 41.9 Å². The van der Waals surface area contributed by atoms with Gasteiger partial charge in [0.1, 0.15) is 5.69 Å². The quantitative estimate of drug-likeness (QED) is 0.203. The zero-order valence-corrected chi connectivity index (χ0v) is 18.0. The third-order valence-electron chi connectivity index (χ3n) is 4.18. The molecule has 0 unspecified atom stereocenters. The van der Waals surface area contributed by atoms with E-state index in [-0.39, 0.29) is 41.8 Å². The molecule has 0 saturated carbocycles. The van der Waals surface area contributed by atoms with Gasteiger partial charge in [-0.2, -0.15) is 13.2 Å². The number of aromatic nitrogens is 2. The average molecular weight is 516 g/mol. The number of piperidine rings is 1. The highest BCUT2D eigenvalue weighted by molar-refractivity contribution is 14.0.